The van der Waals surface area contributed by atoms with E-state index in [1.165, 1.54) is 60.7 Å². The minimum absolute atomic E-state index is 0.00131. The molecular weight excluding hydrogens is 1250 g/mol. The van der Waals surface area contributed by atoms with Crippen LogP contribution in [-0.2, 0) is 70.4 Å². The van der Waals surface area contributed by atoms with Gasteiger partial charge in [-0.25, -0.2) is 0 Å². The molecule has 0 spiro atoms. The van der Waals surface area contributed by atoms with Gasteiger partial charge in [0.15, 0.2) is 5.43 Å². The lowest BCUT2D eigenvalue weighted by Gasteiger charge is -2.31. The van der Waals surface area contributed by atoms with E-state index >= 15 is 0 Å². The maximum absolute atomic E-state index is 14.8. The second-order valence-electron chi connectivity index (χ2n) is 23.3. The molecule has 2 saturated heterocycles. The molecule has 0 bridgehead atoms. The van der Waals surface area contributed by atoms with Crippen molar-refractivity contribution in [1.29, 1.82) is 0 Å². The van der Waals surface area contributed by atoms with E-state index in [-0.39, 0.29) is 91.9 Å². The number of carboxylic acid groups (broad SMARTS) is 2. The van der Waals surface area contributed by atoms with Crippen molar-refractivity contribution in [2.24, 2.45) is 5.73 Å². The van der Waals surface area contributed by atoms with E-state index in [2.05, 4.69) is 37.2 Å². The maximum atomic E-state index is 14.8. The third kappa shape index (κ3) is 18.6. The number of fused-ring (bicyclic) bond motifs is 3. The van der Waals surface area contributed by atoms with Gasteiger partial charge in [-0.15, -0.1) is 0 Å². The van der Waals surface area contributed by atoms with Crippen LogP contribution in [0.5, 0.6) is 11.5 Å². The number of carboxylic acids is 2. The summed E-state index contributed by atoms with van der Waals surface area (Å²) in [5.41, 5.74) is 7.54. The molecule has 0 radical (unpaired) electrons. The number of primary amides is 1. The third-order valence-electron chi connectivity index (χ3n) is 16.3. The molecule has 1 aliphatic carbocycles. The Hall–Kier alpha value is -11.5. The van der Waals surface area contributed by atoms with Crippen LogP contribution in [0, 0.1) is 0 Å². The summed E-state index contributed by atoms with van der Waals surface area (Å²) in [5, 5.41) is 57.7. The summed E-state index contributed by atoms with van der Waals surface area (Å²) < 4.78 is 6.01. The standard InChI is InChI=1S/C67H72N10O19/c1-36(78)76(66(94)43-13-6-5-12-42(43)59-44-22-20-40(80)32-53(44)96-54-33-41(81)21-23-45(54)59)28-8-7-14-46-61(89)73-49(31-38-16-18-39(79)19-17-38)64(92)75-51(34-55(68)82)67(95)77-29-9-15-52(77)65(93)74-50(30-37-10-3-2-4-11-37)63(91)72-48(25-27-58(86)87)62(90)71-47(24-26-57(84)85)60(88)69-35-56(83)70-46/h2-6,10-13,16-23,32-33,46-52,79-80H,7-9,14-15,24-31,34-35H2,1H3,(H2,68,82)(H,69,88)(H,70,83)(H,71,90)(H,72,91)(H,73,89)(H,74,93)(H,75,92)(H,84,85)(H,86,87)/t46-,47-,48-,49-,50-,51-,52-/m0/s1. The number of hydrogen-bond donors (Lipinski definition) is 12. The van der Waals surface area contributed by atoms with Crippen molar-refractivity contribution in [3.63, 3.8) is 0 Å². The minimum atomic E-state index is -1.79. The number of rotatable bonds is 19. The largest absolute Gasteiger partial charge is 0.508 e. The molecule has 4 aliphatic rings. The van der Waals surface area contributed by atoms with Crippen molar-refractivity contribution in [2.75, 3.05) is 19.6 Å². The number of carbonyl (C=O) groups is 13. The zero-order chi connectivity index (χ0) is 69.3. The van der Waals surface area contributed by atoms with Crippen LogP contribution in [0.3, 0.4) is 0 Å². The Bertz CT molecular complexity index is 3990. The zero-order valence-corrected chi connectivity index (χ0v) is 52.0. The fourth-order valence-electron chi connectivity index (χ4n) is 11.5. The number of aliphatic carboxylic acids is 2. The van der Waals surface area contributed by atoms with Crippen LogP contribution in [0.25, 0.3) is 33.4 Å². The van der Waals surface area contributed by atoms with Crippen molar-refractivity contribution in [3.8, 4) is 33.9 Å². The molecule has 4 aromatic rings. The first-order valence-electron chi connectivity index (χ1n) is 30.9. The fraction of sp³-hybridized carbons (Fsp3) is 0.343. The number of carbonyl (C=O) groups excluding carboxylic acids is 11. The number of nitrogens with two attached hydrogens (primary N) is 1. The highest BCUT2D eigenvalue weighted by atomic mass is 16.4. The number of unbranched alkanes of at least 4 members (excludes halogenated alkanes) is 1. The van der Waals surface area contributed by atoms with E-state index in [9.17, 15) is 87.5 Å². The molecule has 504 valence electrons. The van der Waals surface area contributed by atoms with Crippen molar-refractivity contribution in [2.45, 2.75) is 126 Å². The summed E-state index contributed by atoms with van der Waals surface area (Å²) in [6.07, 6.45) is -4.30. The number of hydrogen-bond acceptors (Lipinski definition) is 17. The first-order valence-corrected chi connectivity index (χ1v) is 30.9. The zero-order valence-electron chi connectivity index (χ0n) is 52.0. The number of aromatic hydroxyl groups is 2. The van der Waals surface area contributed by atoms with Crippen LogP contribution in [0.1, 0.15) is 92.6 Å². The molecule has 0 saturated carbocycles. The summed E-state index contributed by atoms with van der Waals surface area (Å²) in [7, 11) is 0. The molecule has 3 aliphatic heterocycles. The average Bonchev–Trinajstić information content (AvgIpc) is 0.849. The lowest BCUT2D eigenvalue weighted by Crippen LogP contribution is -2.61. The molecule has 29 heteroatoms. The molecule has 4 aromatic carbocycles. The fourth-order valence-corrected chi connectivity index (χ4v) is 11.5. The van der Waals surface area contributed by atoms with Gasteiger partial charge in [-0.05, 0) is 104 Å². The lowest BCUT2D eigenvalue weighted by atomic mass is 9.90. The van der Waals surface area contributed by atoms with Crippen LogP contribution in [0.4, 0.5) is 0 Å². The van der Waals surface area contributed by atoms with E-state index in [0.717, 1.165) is 16.7 Å². The maximum Gasteiger partial charge on any atom is 0.303 e. The smallest absolute Gasteiger partial charge is 0.303 e. The van der Waals surface area contributed by atoms with Gasteiger partial charge in [-0.1, -0.05) is 60.7 Å². The Labute approximate surface area is 547 Å². The highest BCUT2D eigenvalue weighted by Crippen LogP contribution is 2.42. The molecule has 96 heavy (non-hydrogen) atoms. The third-order valence-corrected chi connectivity index (χ3v) is 16.3. The molecule has 0 unspecified atom stereocenters. The van der Waals surface area contributed by atoms with Gasteiger partial charge in [0.25, 0.3) is 5.91 Å². The topological polar surface area (TPSA) is 450 Å². The van der Waals surface area contributed by atoms with Crippen molar-refractivity contribution < 1.29 is 87.2 Å². The quantitative estimate of drug-likeness (QED) is 0.0401. The SMILES string of the molecule is CC(=O)N(CCCC[C@@H]1NC(=O)CNC(=O)[C@H](CCC(=O)O)NC(=O)[C@H](CCC(=O)O)NC(=O)[C@H](Cc2ccccc2)NC(=O)[C@@H]2CCCN2C(=O)[C@H](CC(N)=O)NC(=O)[C@H](Cc2ccc(O)cc2)NC1=O)C(=O)c1ccccc1-c1c2ccc(=O)cc-2oc2cc(O)ccc12. The van der Waals surface area contributed by atoms with E-state index < -0.39 is 158 Å². The van der Waals surface area contributed by atoms with E-state index in [4.69, 9.17) is 10.2 Å². The molecular formula is C67H72N10O19. The van der Waals surface area contributed by atoms with Crippen molar-refractivity contribution in [3.05, 3.63) is 142 Å². The Morgan fingerprint density at radius 2 is 1.15 bits per heavy atom. The normalized spacial score (nSPS) is 20.3. The van der Waals surface area contributed by atoms with Gasteiger partial charge in [-0.3, -0.25) is 72.0 Å². The lowest BCUT2D eigenvalue weighted by molar-refractivity contribution is -0.143. The average molecular weight is 1320 g/mol. The van der Waals surface area contributed by atoms with Gasteiger partial charge in [0.1, 0.15) is 65.1 Å². The number of benzene rings is 5. The van der Waals surface area contributed by atoms with Crippen LogP contribution in [-0.4, -0.2) is 169 Å². The Balaban J connectivity index is 1.12. The van der Waals surface area contributed by atoms with Gasteiger partial charge in [0.2, 0.25) is 59.1 Å². The Kier molecular flexibility index (Phi) is 23.7. The van der Waals surface area contributed by atoms with Gasteiger partial charge in [0, 0.05) is 79.9 Å². The molecule has 2 fully saturated rings. The predicted octanol–water partition coefficient (Wildman–Crippen LogP) is 1.25. The monoisotopic (exact) mass is 1320 g/mol. The molecule has 0 aromatic heterocycles. The van der Waals surface area contributed by atoms with E-state index in [1.807, 2.05) is 0 Å². The molecule has 3 heterocycles. The summed E-state index contributed by atoms with van der Waals surface area (Å²) in [5.74, 6) is -13.9. The minimum Gasteiger partial charge on any atom is -0.508 e. The van der Waals surface area contributed by atoms with Gasteiger partial charge in [0.05, 0.1) is 13.0 Å². The highest BCUT2D eigenvalue weighted by molar-refractivity contribution is 6.12. The van der Waals surface area contributed by atoms with Crippen LogP contribution < -0.4 is 48.4 Å². The van der Waals surface area contributed by atoms with E-state index in [0.29, 0.717) is 33.2 Å². The van der Waals surface area contributed by atoms with Crippen LogP contribution in [0.2, 0.25) is 0 Å². The molecule has 29 nitrogen and oxygen atoms in total. The summed E-state index contributed by atoms with van der Waals surface area (Å²) in [4.78, 5) is 195. The van der Waals surface area contributed by atoms with Gasteiger partial charge < -0.3 is 72.7 Å². The van der Waals surface area contributed by atoms with Crippen LogP contribution in [0.15, 0.2) is 124 Å². The van der Waals surface area contributed by atoms with Crippen molar-refractivity contribution >= 4 is 87.9 Å². The summed E-state index contributed by atoms with van der Waals surface area (Å²) in [6, 6.07) is 16.9. The molecule has 7 atom stereocenters. The second kappa shape index (κ2) is 32.4. The second-order valence-corrected chi connectivity index (χ2v) is 23.3. The number of imide groups is 1. The number of nitrogens with zero attached hydrogens (tertiary/aromatic N) is 2. The summed E-state index contributed by atoms with van der Waals surface area (Å²) in [6.45, 7) is -0.188. The predicted molar refractivity (Wildman–Crippen MR) is 341 cm³/mol. The highest BCUT2D eigenvalue weighted by Gasteiger charge is 2.41. The number of amides is 11. The van der Waals surface area contributed by atoms with Crippen LogP contribution >= 0.6 is 0 Å². The number of phenols is 2. The molecule has 11 amide bonds. The Morgan fingerprint density at radius 1 is 0.583 bits per heavy atom. The Morgan fingerprint density at radius 3 is 1.78 bits per heavy atom. The first-order chi connectivity index (χ1) is 45.8. The number of nitrogens with one attached hydrogen (secondary N) is 7. The van der Waals surface area contributed by atoms with Gasteiger partial charge in [-0.2, -0.15) is 0 Å². The molecule has 13 N–H and O–H groups in total. The summed E-state index contributed by atoms with van der Waals surface area (Å²) >= 11 is 0. The van der Waals surface area contributed by atoms with E-state index in [1.54, 1.807) is 54.6 Å². The number of phenolic OH excluding ortho intramolecular Hbond substituents is 2. The van der Waals surface area contributed by atoms with Gasteiger partial charge >= 0.3 is 11.9 Å². The van der Waals surface area contributed by atoms with Crippen molar-refractivity contribution in [1.82, 2.24) is 47.0 Å². The first kappa shape index (κ1) is 70.4. The molecule has 8 rings (SSSR count).